The van der Waals surface area contributed by atoms with Gasteiger partial charge in [0.2, 0.25) is 0 Å². The van der Waals surface area contributed by atoms with E-state index in [-0.39, 0.29) is 5.97 Å². The third-order valence-electron chi connectivity index (χ3n) is 3.63. The molecule has 0 aliphatic heterocycles. The van der Waals surface area contributed by atoms with Gasteiger partial charge < -0.3 is 10.1 Å². The Hall–Kier alpha value is -1.35. The molecule has 0 heterocycles. The van der Waals surface area contributed by atoms with Crippen molar-refractivity contribution in [3.8, 4) is 0 Å². The zero-order valence-corrected chi connectivity index (χ0v) is 11.9. The molecule has 0 radical (unpaired) electrons. The topological polar surface area (TPSA) is 38.3 Å². The first-order valence-corrected chi connectivity index (χ1v) is 7.19. The standard InChI is InChI=1S/C16H23NO2/c1-3-19-16(18)5-4-10-17-15-9-8-13-7-6-12(2)11-14(13)15/h6-7,11,15,17H,3-5,8-10H2,1-2H3. The number of rotatable bonds is 6. The van der Waals surface area contributed by atoms with Crippen molar-refractivity contribution in [1.29, 1.82) is 0 Å². The molecule has 0 saturated carbocycles. The van der Waals surface area contributed by atoms with Crippen LogP contribution < -0.4 is 5.32 Å². The normalized spacial score (nSPS) is 17.3. The highest BCUT2D eigenvalue weighted by Gasteiger charge is 2.21. The van der Waals surface area contributed by atoms with Crippen LogP contribution in [0.1, 0.15) is 48.9 Å². The van der Waals surface area contributed by atoms with Crippen LogP contribution in [-0.4, -0.2) is 19.1 Å². The van der Waals surface area contributed by atoms with Crippen LogP contribution in [0.5, 0.6) is 0 Å². The lowest BCUT2D eigenvalue weighted by atomic mass is 10.0. The Kier molecular flexibility index (Phi) is 4.97. The fourth-order valence-electron chi connectivity index (χ4n) is 2.68. The number of benzene rings is 1. The molecule has 3 nitrogen and oxygen atoms in total. The van der Waals surface area contributed by atoms with Crippen LogP contribution in [0.25, 0.3) is 0 Å². The minimum atomic E-state index is -0.0908. The lowest BCUT2D eigenvalue weighted by Gasteiger charge is -2.14. The largest absolute Gasteiger partial charge is 0.466 e. The summed E-state index contributed by atoms with van der Waals surface area (Å²) in [5.74, 6) is -0.0908. The van der Waals surface area contributed by atoms with E-state index in [0.29, 0.717) is 19.1 Å². The third kappa shape index (κ3) is 3.80. The Morgan fingerprint density at radius 2 is 2.32 bits per heavy atom. The van der Waals surface area contributed by atoms with Crippen LogP contribution in [0.3, 0.4) is 0 Å². The van der Waals surface area contributed by atoms with Gasteiger partial charge in [-0.25, -0.2) is 0 Å². The lowest BCUT2D eigenvalue weighted by Crippen LogP contribution is -2.21. The molecule has 1 unspecified atom stereocenters. The number of nitrogens with one attached hydrogen (secondary N) is 1. The molecular formula is C16H23NO2. The summed E-state index contributed by atoms with van der Waals surface area (Å²) in [6, 6.07) is 7.16. The molecule has 1 atom stereocenters. The Morgan fingerprint density at radius 3 is 3.11 bits per heavy atom. The molecule has 19 heavy (non-hydrogen) atoms. The van der Waals surface area contributed by atoms with Crippen LogP contribution in [-0.2, 0) is 16.0 Å². The highest BCUT2D eigenvalue weighted by atomic mass is 16.5. The fourth-order valence-corrected chi connectivity index (χ4v) is 2.68. The van der Waals surface area contributed by atoms with Gasteiger partial charge in [-0.2, -0.15) is 0 Å². The highest BCUT2D eigenvalue weighted by Crippen LogP contribution is 2.31. The summed E-state index contributed by atoms with van der Waals surface area (Å²) in [4.78, 5) is 11.2. The monoisotopic (exact) mass is 261 g/mol. The Labute approximate surface area is 115 Å². The number of hydrogen-bond acceptors (Lipinski definition) is 3. The van der Waals surface area contributed by atoms with Crippen LogP contribution in [0.15, 0.2) is 18.2 Å². The maximum absolute atomic E-state index is 11.2. The molecule has 1 aromatic rings. The Morgan fingerprint density at radius 1 is 1.47 bits per heavy atom. The average molecular weight is 261 g/mol. The molecular weight excluding hydrogens is 238 g/mol. The molecule has 104 valence electrons. The summed E-state index contributed by atoms with van der Waals surface area (Å²) < 4.78 is 4.92. The van der Waals surface area contributed by atoms with Crippen LogP contribution in [0.2, 0.25) is 0 Å². The number of fused-ring (bicyclic) bond motifs is 1. The van der Waals surface area contributed by atoms with Gasteiger partial charge in [0.05, 0.1) is 6.61 Å². The molecule has 0 aromatic heterocycles. The van der Waals surface area contributed by atoms with Gasteiger partial charge >= 0.3 is 5.97 Å². The molecule has 0 bridgehead atoms. The zero-order valence-electron chi connectivity index (χ0n) is 11.9. The van der Waals surface area contributed by atoms with Crippen LogP contribution in [0.4, 0.5) is 0 Å². The van der Waals surface area contributed by atoms with Gasteiger partial charge in [-0.05, 0) is 50.8 Å². The molecule has 1 aliphatic rings. The quantitative estimate of drug-likeness (QED) is 0.632. The van der Waals surface area contributed by atoms with Gasteiger partial charge in [0, 0.05) is 12.5 Å². The molecule has 1 N–H and O–H groups in total. The molecule has 3 heteroatoms. The van der Waals surface area contributed by atoms with Crippen molar-refractivity contribution in [2.24, 2.45) is 0 Å². The molecule has 1 aromatic carbocycles. The smallest absolute Gasteiger partial charge is 0.305 e. The minimum Gasteiger partial charge on any atom is -0.466 e. The first kappa shape index (κ1) is 14.1. The molecule has 0 fully saturated rings. The second-order valence-electron chi connectivity index (χ2n) is 5.16. The molecule has 2 rings (SSSR count). The minimum absolute atomic E-state index is 0.0908. The maximum Gasteiger partial charge on any atom is 0.305 e. The summed E-state index contributed by atoms with van der Waals surface area (Å²) >= 11 is 0. The van der Waals surface area contributed by atoms with Gasteiger partial charge in [-0.15, -0.1) is 0 Å². The van der Waals surface area contributed by atoms with Gasteiger partial charge in [0.15, 0.2) is 0 Å². The second-order valence-corrected chi connectivity index (χ2v) is 5.16. The number of carbonyl (C=O) groups excluding carboxylic acids is 1. The van der Waals surface area contributed by atoms with Gasteiger partial charge in [-0.1, -0.05) is 23.8 Å². The summed E-state index contributed by atoms with van der Waals surface area (Å²) in [5.41, 5.74) is 4.23. The summed E-state index contributed by atoms with van der Waals surface area (Å²) in [6.07, 6.45) is 3.67. The number of aryl methyl sites for hydroxylation is 2. The summed E-state index contributed by atoms with van der Waals surface area (Å²) in [7, 11) is 0. The van der Waals surface area contributed by atoms with E-state index in [2.05, 4.69) is 30.4 Å². The van der Waals surface area contributed by atoms with Gasteiger partial charge in [0.1, 0.15) is 0 Å². The number of esters is 1. The van der Waals surface area contributed by atoms with Crippen LogP contribution in [0, 0.1) is 6.92 Å². The third-order valence-corrected chi connectivity index (χ3v) is 3.63. The Balaban J connectivity index is 1.77. The van der Waals surface area contributed by atoms with E-state index >= 15 is 0 Å². The molecule has 0 saturated heterocycles. The van der Waals surface area contributed by atoms with Crippen molar-refractivity contribution in [1.82, 2.24) is 5.32 Å². The van der Waals surface area contributed by atoms with E-state index in [1.54, 1.807) is 0 Å². The predicted octanol–water partition coefficient (Wildman–Crippen LogP) is 2.92. The van der Waals surface area contributed by atoms with E-state index in [0.717, 1.165) is 25.8 Å². The fraction of sp³-hybridized carbons (Fsp3) is 0.562. The Bertz CT molecular complexity index is 442. The van der Waals surface area contributed by atoms with E-state index < -0.39 is 0 Å². The average Bonchev–Trinajstić information content (AvgIpc) is 2.77. The van der Waals surface area contributed by atoms with Gasteiger partial charge in [-0.3, -0.25) is 4.79 Å². The summed E-state index contributed by atoms with van der Waals surface area (Å²) in [6.45, 7) is 5.32. The SMILES string of the molecule is CCOC(=O)CCCNC1CCc2ccc(C)cc21. The molecule has 0 spiro atoms. The first-order chi connectivity index (χ1) is 9.20. The van der Waals surface area contributed by atoms with Crippen molar-refractivity contribution >= 4 is 5.97 Å². The first-order valence-electron chi connectivity index (χ1n) is 7.19. The number of carbonyl (C=O) groups is 1. The van der Waals surface area contributed by atoms with E-state index in [1.807, 2.05) is 6.92 Å². The lowest BCUT2D eigenvalue weighted by molar-refractivity contribution is -0.143. The van der Waals surface area contributed by atoms with Crippen molar-refractivity contribution in [3.63, 3.8) is 0 Å². The number of hydrogen-bond donors (Lipinski definition) is 1. The zero-order chi connectivity index (χ0) is 13.7. The van der Waals surface area contributed by atoms with Crippen molar-refractivity contribution in [2.75, 3.05) is 13.2 Å². The van der Waals surface area contributed by atoms with E-state index in [4.69, 9.17) is 4.74 Å². The van der Waals surface area contributed by atoms with Crippen LogP contribution >= 0.6 is 0 Å². The van der Waals surface area contributed by atoms with Crippen molar-refractivity contribution in [3.05, 3.63) is 34.9 Å². The van der Waals surface area contributed by atoms with E-state index in [9.17, 15) is 4.79 Å². The molecule has 0 amide bonds. The number of ether oxygens (including phenoxy) is 1. The van der Waals surface area contributed by atoms with Crippen molar-refractivity contribution in [2.45, 2.75) is 45.6 Å². The predicted molar refractivity (Wildman–Crippen MR) is 76.1 cm³/mol. The molecule has 1 aliphatic carbocycles. The second kappa shape index (κ2) is 6.71. The maximum atomic E-state index is 11.2. The van der Waals surface area contributed by atoms with Gasteiger partial charge in [0.25, 0.3) is 0 Å². The van der Waals surface area contributed by atoms with Crippen molar-refractivity contribution < 1.29 is 9.53 Å². The highest BCUT2D eigenvalue weighted by molar-refractivity contribution is 5.69. The van der Waals surface area contributed by atoms with E-state index in [1.165, 1.54) is 16.7 Å². The summed E-state index contributed by atoms with van der Waals surface area (Å²) in [5, 5.41) is 3.55.